The van der Waals surface area contributed by atoms with Crippen molar-refractivity contribution in [2.24, 2.45) is 0 Å². The van der Waals surface area contributed by atoms with E-state index in [1.54, 1.807) is 0 Å². The van der Waals surface area contributed by atoms with E-state index in [1.807, 2.05) is 19.2 Å². The molecule has 12 heavy (non-hydrogen) atoms. The third-order valence-electron chi connectivity index (χ3n) is 2.14. The molecule has 2 nitrogen and oxygen atoms in total. The molecule has 0 fully saturated rings. The van der Waals surface area contributed by atoms with Gasteiger partial charge in [-0.3, -0.25) is 0 Å². The number of nitrogens with zero attached hydrogens (tertiary/aromatic N) is 1. The van der Waals surface area contributed by atoms with Gasteiger partial charge in [0.1, 0.15) is 0 Å². The van der Waals surface area contributed by atoms with Crippen LogP contribution < -0.4 is 4.90 Å². The molecular weight excluding hydrogens is 170 g/mol. The summed E-state index contributed by atoms with van der Waals surface area (Å²) in [7, 11) is 1.98. The minimum absolute atomic E-state index is 0.639. The van der Waals surface area contributed by atoms with Gasteiger partial charge in [0.2, 0.25) is 0 Å². The summed E-state index contributed by atoms with van der Waals surface area (Å²) in [5.74, 6) is 0.639. The number of hydrogen-bond donors (Lipinski definition) is 0. The molecule has 0 spiro atoms. The van der Waals surface area contributed by atoms with Crippen LogP contribution in [0.2, 0.25) is 0 Å². The van der Waals surface area contributed by atoms with Crippen molar-refractivity contribution in [1.29, 1.82) is 0 Å². The Morgan fingerprint density at radius 3 is 2.92 bits per heavy atom. The molecule has 1 unspecified atom stereocenters. The van der Waals surface area contributed by atoms with Crippen LogP contribution in [0.5, 0.6) is 0 Å². The molecule has 0 radical (unpaired) electrons. The Balaban J connectivity index is 2.59. The van der Waals surface area contributed by atoms with Crippen molar-refractivity contribution in [3.63, 3.8) is 0 Å². The molecule has 3 heteroatoms. The fourth-order valence-electron chi connectivity index (χ4n) is 1.61. The predicted octanol–water partition coefficient (Wildman–Crippen LogP) is 1.51. The van der Waals surface area contributed by atoms with Crippen LogP contribution in [0.15, 0.2) is 23.1 Å². The van der Waals surface area contributed by atoms with E-state index in [0.717, 1.165) is 10.6 Å². The van der Waals surface area contributed by atoms with Gasteiger partial charge in [-0.2, -0.15) is 0 Å². The molecule has 1 atom stereocenters. The summed E-state index contributed by atoms with van der Waals surface area (Å²) < 4.78 is 11.5. The second kappa shape index (κ2) is 2.68. The van der Waals surface area contributed by atoms with Crippen LogP contribution in [0, 0.1) is 6.92 Å². The number of rotatable bonds is 0. The number of fused-ring (bicyclic) bond motifs is 1. The van der Waals surface area contributed by atoms with Gasteiger partial charge in [0.25, 0.3) is 0 Å². The highest BCUT2D eigenvalue weighted by Crippen LogP contribution is 2.34. The topological polar surface area (TPSA) is 26.3 Å². The third kappa shape index (κ3) is 1.01. The van der Waals surface area contributed by atoms with Crippen molar-refractivity contribution in [3.05, 3.63) is 23.8 Å². The smallest absolute Gasteiger partial charge is 0.183 e. The van der Waals surface area contributed by atoms with Crippen molar-refractivity contribution in [3.8, 4) is 0 Å². The molecule has 2 rings (SSSR count). The van der Waals surface area contributed by atoms with Crippen molar-refractivity contribution in [2.45, 2.75) is 11.8 Å². The van der Waals surface area contributed by atoms with Crippen molar-refractivity contribution in [2.75, 3.05) is 17.8 Å². The molecule has 1 heterocycles. The lowest BCUT2D eigenvalue weighted by Crippen LogP contribution is -2.16. The van der Waals surface area contributed by atoms with Gasteiger partial charge in [-0.15, -0.1) is 0 Å². The van der Waals surface area contributed by atoms with E-state index >= 15 is 0 Å². The summed E-state index contributed by atoms with van der Waals surface area (Å²) in [5, 5.41) is 0. The quantitative estimate of drug-likeness (QED) is 0.567. The van der Waals surface area contributed by atoms with Crippen molar-refractivity contribution >= 4 is 16.9 Å². The van der Waals surface area contributed by atoms with E-state index in [2.05, 4.69) is 17.9 Å². The summed E-state index contributed by atoms with van der Waals surface area (Å²) in [6, 6.07) is 5.96. The zero-order valence-corrected chi connectivity index (χ0v) is 8.02. The Bertz CT molecular complexity index is 313. The van der Waals surface area contributed by atoms with Gasteiger partial charge in [-0.05, 0) is 18.6 Å². The number of hydrogen-bond acceptors (Lipinski definition) is 2. The average molecular weight is 181 g/mol. The standard InChI is InChI=1S/C9H11NOS/c1-7-4-3-5-8-9(7)10(2)6-12(8)11/h3-5H,6H2,1-2H3. The number of aryl methyl sites for hydroxylation is 1. The average Bonchev–Trinajstić information content (AvgIpc) is 2.29. The second-order valence-corrected chi connectivity index (χ2v) is 4.48. The fourth-order valence-corrected chi connectivity index (χ4v) is 3.00. The number of para-hydroxylation sites is 1. The van der Waals surface area contributed by atoms with E-state index in [4.69, 9.17) is 0 Å². The maximum atomic E-state index is 11.5. The first kappa shape index (κ1) is 7.95. The van der Waals surface area contributed by atoms with Gasteiger partial charge in [0, 0.05) is 18.2 Å². The molecule has 64 valence electrons. The SMILES string of the molecule is Cc1cccc2c1N(C)C[S+]2[O-]. The van der Waals surface area contributed by atoms with Crippen LogP contribution in [0.25, 0.3) is 0 Å². The molecule has 0 saturated heterocycles. The van der Waals surface area contributed by atoms with Crippen LogP contribution in [0.1, 0.15) is 5.56 Å². The van der Waals surface area contributed by atoms with E-state index < -0.39 is 11.2 Å². The molecule has 0 bridgehead atoms. The molecule has 1 aliphatic rings. The van der Waals surface area contributed by atoms with Crippen LogP contribution in [0.4, 0.5) is 5.69 Å². The molecule has 1 aliphatic heterocycles. The Morgan fingerprint density at radius 1 is 1.50 bits per heavy atom. The van der Waals surface area contributed by atoms with Gasteiger partial charge < -0.3 is 9.45 Å². The Hall–Kier alpha value is -0.670. The number of anilines is 1. The Labute approximate surface area is 75.4 Å². The lowest BCUT2D eigenvalue weighted by molar-refractivity contribution is 0.598. The van der Waals surface area contributed by atoms with Crippen molar-refractivity contribution < 1.29 is 4.55 Å². The monoisotopic (exact) mass is 181 g/mol. The molecule has 0 amide bonds. The zero-order valence-electron chi connectivity index (χ0n) is 7.20. The van der Waals surface area contributed by atoms with Crippen molar-refractivity contribution in [1.82, 2.24) is 0 Å². The lowest BCUT2D eigenvalue weighted by Gasteiger charge is -2.08. The highest BCUT2D eigenvalue weighted by Gasteiger charge is 2.29. The predicted molar refractivity (Wildman–Crippen MR) is 50.9 cm³/mol. The van der Waals surface area contributed by atoms with E-state index in [0.29, 0.717) is 5.88 Å². The minimum Gasteiger partial charge on any atom is -0.610 e. The molecule has 0 saturated carbocycles. The first-order valence-electron chi connectivity index (χ1n) is 3.89. The maximum Gasteiger partial charge on any atom is 0.183 e. The summed E-state index contributed by atoms with van der Waals surface area (Å²) in [6.07, 6.45) is 0. The molecule has 0 aliphatic carbocycles. The van der Waals surface area contributed by atoms with Gasteiger partial charge in [-0.1, -0.05) is 12.1 Å². The number of benzene rings is 1. The Kier molecular flexibility index (Phi) is 1.77. The van der Waals surface area contributed by atoms with Crippen LogP contribution in [-0.2, 0) is 11.2 Å². The summed E-state index contributed by atoms with van der Waals surface area (Å²) >= 11 is -0.812. The minimum atomic E-state index is -0.812. The maximum absolute atomic E-state index is 11.5. The molecular formula is C9H11NOS. The zero-order chi connectivity index (χ0) is 8.72. The first-order chi connectivity index (χ1) is 5.70. The Morgan fingerprint density at radius 2 is 2.25 bits per heavy atom. The van der Waals surface area contributed by atoms with Gasteiger partial charge >= 0.3 is 0 Å². The lowest BCUT2D eigenvalue weighted by atomic mass is 10.2. The largest absolute Gasteiger partial charge is 0.610 e. The van der Waals surface area contributed by atoms with E-state index in [1.165, 1.54) is 5.56 Å². The molecule has 0 N–H and O–H groups in total. The second-order valence-electron chi connectivity index (χ2n) is 3.09. The van der Waals surface area contributed by atoms with Crippen LogP contribution in [-0.4, -0.2) is 17.5 Å². The molecule has 1 aromatic rings. The summed E-state index contributed by atoms with van der Waals surface area (Å²) in [6.45, 7) is 2.05. The third-order valence-corrected chi connectivity index (χ3v) is 3.58. The normalized spacial score (nSPS) is 21.2. The molecule has 1 aromatic carbocycles. The summed E-state index contributed by atoms with van der Waals surface area (Å²) in [5.41, 5.74) is 2.36. The molecule has 0 aromatic heterocycles. The van der Waals surface area contributed by atoms with E-state index in [-0.39, 0.29) is 0 Å². The first-order valence-corrected chi connectivity index (χ1v) is 5.21. The summed E-state index contributed by atoms with van der Waals surface area (Å²) in [4.78, 5) is 3.04. The van der Waals surface area contributed by atoms with Gasteiger partial charge in [0.15, 0.2) is 10.8 Å². The van der Waals surface area contributed by atoms with Crippen LogP contribution in [0.3, 0.4) is 0 Å². The highest BCUT2D eigenvalue weighted by molar-refractivity contribution is 7.92. The van der Waals surface area contributed by atoms with Crippen LogP contribution >= 0.6 is 0 Å². The van der Waals surface area contributed by atoms with Gasteiger partial charge in [-0.25, -0.2) is 0 Å². The fraction of sp³-hybridized carbons (Fsp3) is 0.333. The van der Waals surface area contributed by atoms with Gasteiger partial charge in [0.05, 0.1) is 5.69 Å². The van der Waals surface area contributed by atoms with E-state index in [9.17, 15) is 4.55 Å². The highest BCUT2D eigenvalue weighted by atomic mass is 32.2.